The molecule has 2 aromatic carbocycles. The van der Waals surface area contributed by atoms with E-state index >= 15 is 0 Å². The summed E-state index contributed by atoms with van der Waals surface area (Å²) in [5.74, 6) is 0.608. The van der Waals surface area contributed by atoms with Crippen LogP contribution in [0.3, 0.4) is 0 Å². The fourth-order valence-electron chi connectivity index (χ4n) is 3.34. The van der Waals surface area contributed by atoms with E-state index in [0.717, 1.165) is 48.6 Å². The Hall–Kier alpha value is -3.00. The summed E-state index contributed by atoms with van der Waals surface area (Å²) in [6, 6.07) is 13.6. The third-order valence-electron chi connectivity index (χ3n) is 4.75. The molecule has 2 heterocycles. The summed E-state index contributed by atoms with van der Waals surface area (Å²) in [7, 11) is 0. The fraction of sp³-hybridized carbons (Fsp3) is 0.286. The van der Waals surface area contributed by atoms with Gasteiger partial charge in [-0.2, -0.15) is 5.10 Å². The molecule has 29 heavy (non-hydrogen) atoms. The van der Waals surface area contributed by atoms with E-state index in [1.54, 1.807) is 18.3 Å². The van der Waals surface area contributed by atoms with Gasteiger partial charge in [0.25, 0.3) is 0 Å². The summed E-state index contributed by atoms with van der Waals surface area (Å²) in [4.78, 5) is 2.30. The Morgan fingerprint density at radius 3 is 2.55 bits per heavy atom. The standard InChI is InChI=1S/C21H20F3N3O2/c22-21(23,24)29-19-5-2-16(3-6-19)17-4-7-20-18(14-17)15-26(12-13-28-20)10-11-27-9-1-8-25-27/h1-9,14H,10-13,15H2. The van der Waals surface area contributed by atoms with E-state index in [0.29, 0.717) is 6.61 Å². The van der Waals surface area contributed by atoms with Crippen LogP contribution >= 0.6 is 0 Å². The third-order valence-corrected chi connectivity index (χ3v) is 4.75. The second-order valence-electron chi connectivity index (χ2n) is 6.79. The smallest absolute Gasteiger partial charge is 0.492 e. The molecule has 0 spiro atoms. The molecule has 5 nitrogen and oxygen atoms in total. The summed E-state index contributed by atoms with van der Waals surface area (Å²) >= 11 is 0. The Balaban J connectivity index is 1.48. The Kier molecular flexibility index (Phi) is 5.44. The quantitative estimate of drug-likeness (QED) is 0.635. The van der Waals surface area contributed by atoms with E-state index in [1.807, 2.05) is 35.1 Å². The molecule has 0 saturated heterocycles. The maximum absolute atomic E-state index is 12.3. The Labute approximate surface area is 166 Å². The van der Waals surface area contributed by atoms with Crippen molar-refractivity contribution >= 4 is 0 Å². The first-order valence-electron chi connectivity index (χ1n) is 9.28. The third kappa shape index (κ3) is 5.08. The van der Waals surface area contributed by atoms with Crippen LogP contribution in [0.15, 0.2) is 60.9 Å². The normalized spacial score (nSPS) is 14.7. The first kappa shape index (κ1) is 19.3. The molecular formula is C21H20F3N3O2. The molecule has 0 aliphatic carbocycles. The minimum Gasteiger partial charge on any atom is -0.492 e. The lowest BCUT2D eigenvalue weighted by Crippen LogP contribution is -2.29. The van der Waals surface area contributed by atoms with Crippen molar-refractivity contribution in [2.24, 2.45) is 0 Å². The van der Waals surface area contributed by atoms with Crippen LogP contribution in [-0.4, -0.2) is 40.7 Å². The molecule has 1 aliphatic rings. The van der Waals surface area contributed by atoms with E-state index in [2.05, 4.69) is 14.7 Å². The van der Waals surface area contributed by atoms with Crippen molar-refractivity contribution in [1.29, 1.82) is 0 Å². The number of hydrogen-bond donors (Lipinski definition) is 0. The van der Waals surface area contributed by atoms with Gasteiger partial charge in [0.2, 0.25) is 0 Å². The summed E-state index contributed by atoms with van der Waals surface area (Å²) in [6.45, 7) is 3.80. The molecule has 0 amide bonds. The van der Waals surface area contributed by atoms with Crippen molar-refractivity contribution in [3.63, 3.8) is 0 Å². The van der Waals surface area contributed by atoms with Crippen molar-refractivity contribution in [1.82, 2.24) is 14.7 Å². The van der Waals surface area contributed by atoms with Crippen LogP contribution in [0.5, 0.6) is 11.5 Å². The highest BCUT2D eigenvalue weighted by molar-refractivity contribution is 5.66. The van der Waals surface area contributed by atoms with Crippen LogP contribution in [0.25, 0.3) is 11.1 Å². The average Bonchev–Trinajstić information content (AvgIpc) is 3.11. The first-order chi connectivity index (χ1) is 14.0. The molecule has 0 radical (unpaired) electrons. The molecule has 1 aromatic heterocycles. The van der Waals surface area contributed by atoms with Crippen LogP contribution in [0.2, 0.25) is 0 Å². The molecule has 0 N–H and O–H groups in total. The zero-order valence-electron chi connectivity index (χ0n) is 15.6. The number of halogens is 3. The van der Waals surface area contributed by atoms with Crippen LogP contribution in [0, 0.1) is 0 Å². The lowest BCUT2D eigenvalue weighted by atomic mass is 10.0. The van der Waals surface area contributed by atoms with Gasteiger partial charge in [-0.05, 0) is 41.5 Å². The van der Waals surface area contributed by atoms with Crippen LogP contribution in [0.4, 0.5) is 13.2 Å². The van der Waals surface area contributed by atoms with Gasteiger partial charge >= 0.3 is 6.36 Å². The van der Waals surface area contributed by atoms with Gasteiger partial charge in [-0.15, -0.1) is 13.2 Å². The molecule has 0 fully saturated rings. The van der Waals surface area contributed by atoms with Crippen LogP contribution in [-0.2, 0) is 13.1 Å². The second kappa shape index (κ2) is 8.16. The van der Waals surface area contributed by atoms with E-state index in [9.17, 15) is 13.2 Å². The topological polar surface area (TPSA) is 39.5 Å². The van der Waals surface area contributed by atoms with Crippen molar-refractivity contribution in [2.45, 2.75) is 19.5 Å². The first-order valence-corrected chi connectivity index (χ1v) is 9.28. The maximum atomic E-state index is 12.3. The van der Waals surface area contributed by atoms with Crippen molar-refractivity contribution in [3.8, 4) is 22.6 Å². The van der Waals surface area contributed by atoms with E-state index in [1.165, 1.54) is 12.1 Å². The van der Waals surface area contributed by atoms with E-state index < -0.39 is 6.36 Å². The van der Waals surface area contributed by atoms with Crippen molar-refractivity contribution in [2.75, 3.05) is 19.7 Å². The molecule has 1 aliphatic heterocycles. The summed E-state index contributed by atoms with van der Waals surface area (Å²) in [6.07, 6.45) is -0.993. The molecular weight excluding hydrogens is 383 g/mol. The number of benzene rings is 2. The molecule has 0 unspecified atom stereocenters. The van der Waals surface area contributed by atoms with Gasteiger partial charge in [-0.3, -0.25) is 9.58 Å². The van der Waals surface area contributed by atoms with Gasteiger partial charge < -0.3 is 9.47 Å². The van der Waals surface area contributed by atoms with Gasteiger partial charge in [0, 0.05) is 37.6 Å². The van der Waals surface area contributed by atoms with E-state index in [-0.39, 0.29) is 5.75 Å². The SMILES string of the molecule is FC(F)(F)Oc1ccc(-c2ccc3c(c2)CN(CCn2cccn2)CCO3)cc1. The molecule has 0 saturated carbocycles. The van der Waals surface area contributed by atoms with Gasteiger partial charge in [-0.25, -0.2) is 0 Å². The highest BCUT2D eigenvalue weighted by Gasteiger charge is 2.31. The zero-order valence-corrected chi connectivity index (χ0v) is 15.6. The summed E-state index contributed by atoms with van der Waals surface area (Å²) < 4.78 is 48.7. The number of nitrogens with zero attached hydrogens (tertiary/aromatic N) is 3. The monoisotopic (exact) mass is 403 g/mol. The Bertz CT molecular complexity index is 941. The predicted molar refractivity (Wildman–Crippen MR) is 102 cm³/mol. The Morgan fingerprint density at radius 1 is 1.03 bits per heavy atom. The van der Waals surface area contributed by atoms with E-state index in [4.69, 9.17) is 4.74 Å². The number of rotatable bonds is 5. The van der Waals surface area contributed by atoms with Gasteiger partial charge in [-0.1, -0.05) is 18.2 Å². The van der Waals surface area contributed by atoms with Crippen LogP contribution < -0.4 is 9.47 Å². The minimum atomic E-state index is -4.69. The number of ether oxygens (including phenoxy) is 2. The Morgan fingerprint density at radius 2 is 1.83 bits per heavy atom. The lowest BCUT2D eigenvalue weighted by molar-refractivity contribution is -0.274. The summed E-state index contributed by atoms with van der Waals surface area (Å²) in [5, 5.41) is 4.23. The van der Waals surface area contributed by atoms with Crippen molar-refractivity contribution in [3.05, 3.63) is 66.5 Å². The molecule has 0 atom stereocenters. The summed E-state index contributed by atoms with van der Waals surface area (Å²) in [5.41, 5.74) is 2.78. The van der Waals surface area contributed by atoms with Crippen LogP contribution in [0.1, 0.15) is 5.56 Å². The van der Waals surface area contributed by atoms with Gasteiger partial charge in [0.1, 0.15) is 18.1 Å². The zero-order chi connectivity index (χ0) is 20.3. The molecule has 152 valence electrons. The number of aromatic nitrogens is 2. The predicted octanol–water partition coefficient (Wildman–Crippen LogP) is 4.34. The number of fused-ring (bicyclic) bond motifs is 1. The second-order valence-corrected chi connectivity index (χ2v) is 6.79. The average molecular weight is 403 g/mol. The fourth-order valence-corrected chi connectivity index (χ4v) is 3.34. The van der Waals surface area contributed by atoms with Gasteiger partial charge in [0.15, 0.2) is 0 Å². The minimum absolute atomic E-state index is 0.232. The lowest BCUT2D eigenvalue weighted by Gasteiger charge is -2.19. The highest BCUT2D eigenvalue weighted by Crippen LogP contribution is 2.31. The maximum Gasteiger partial charge on any atom is 0.573 e. The molecule has 4 rings (SSSR count). The highest BCUT2D eigenvalue weighted by atomic mass is 19.4. The molecule has 8 heteroatoms. The van der Waals surface area contributed by atoms with Gasteiger partial charge in [0.05, 0.1) is 6.54 Å². The molecule has 0 bridgehead atoms. The van der Waals surface area contributed by atoms with Crippen molar-refractivity contribution < 1.29 is 22.6 Å². The largest absolute Gasteiger partial charge is 0.573 e. The number of alkyl halides is 3. The number of hydrogen-bond acceptors (Lipinski definition) is 4. The molecule has 3 aromatic rings.